The van der Waals surface area contributed by atoms with Gasteiger partial charge in [0.15, 0.2) is 5.82 Å². The number of nitrogens with one attached hydrogen (secondary N) is 1. The molecule has 0 radical (unpaired) electrons. The molecule has 0 aliphatic heterocycles. The number of aromatic nitrogens is 5. The molecule has 1 saturated carbocycles. The Bertz CT molecular complexity index is 517. The van der Waals surface area contributed by atoms with Crippen molar-refractivity contribution in [3.8, 4) is 0 Å². The molecule has 3 rings (SSSR count). The van der Waals surface area contributed by atoms with Gasteiger partial charge in [-0.1, -0.05) is 18.0 Å². The summed E-state index contributed by atoms with van der Waals surface area (Å²) in [5, 5.41) is 11.5. The second-order valence-corrected chi connectivity index (χ2v) is 5.43. The summed E-state index contributed by atoms with van der Waals surface area (Å²) in [6, 6.07) is 0.269. The quantitative estimate of drug-likeness (QED) is 0.861. The minimum absolute atomic E-state index is 0.269. The molecule has 0 saturated heterocycles. The van der Waals surface area contributed by atoms with E-state index < -0.39 is 0 Å². The number of rotatable bonds is 6. The second kappa shape index (κ2) is 6.13. The van der Waals surface area contributed by atoms with Gasteiger partial charge in [0.1, 0.15) is 12.7 Å². The maximum absolute atomic E-state index is 5.36. The molecule has 0 bridgehead atoms. The van der Waals surface area contributed by atoms with Crippen LogP contribution in [0.25, 0.3) is 0 Å². The van der Waals surface area contributed by atoms with Gasteiger partial charge in [-0.05, 0) is 19.8 Å². The molecule has 1 aliphatic rings. The van der Waals surface area contributed by atoms with Crippen LogP contribution in [0.1, 0.15) is 50.2 Å². The Morgan fingerprint density at radius 1 is 1.45 bits per heavy atom. The Morgan fingerprint density at radius 3 is 3.05 bits per heavy atom. The van der Waals surface area contributed by atoms with Gasteiger partial charge in [-0.3, -0.25) is 4.68 Å². The summed E-state index contributed by atoms with van der Waals surface area (Å²) in [7, 11) is 0. The Kier molecular flexibility index (Phi) is 4.05. The fourth-order valence-electron chi connectivity index (χ4n) is 2.62. The Morgan fingerprint density at radius 2 is 2.30 bits per heavy atom. The normalized spacial score (nSPS) is 17.6. The summed E-state index contributed by atoms with van der Waals surface area (Å²) in [5.74, 6) is 2.02. The minimum Gasteiger partial charge on any atom is -0.339 e. The van der Waals surface area contributed by atoms with Gasteiger partial charge in [0, 0.05) is 12.0 Å². The molecular weight excluding hydrogens is 256 g/mol. The molecule has 2 heterocycles. The van der Waals surface area contributed by atoms with Gasteiger partial charge in [-0.25, -0.2) is 4.98 Å². The highest BCUT2D eigenvalue weighted by atomic mass is 16.5. The zero-order valence-corrected chi connectivity index (χ0v) is 11.7. The van der Waals surface area contributed by atoms with Crippen LogP contribution in [0.2, 0.25) is 0 Å². The number of hydrogen-bond donors (Lipinski definition) is 1. The summed E-state index contributed by atoms with van der Waals surface area (Å²) in [4.78, 5) is 8.41. The van der Waals surface area contributed by atoms with E-state index >= 15 is 0 Å². The Balaban J connectivity index is 1.48. The number of hydrogen-bond acceptors (Lipinski definition) is 6. The lowest BCUT2D eigenvalue weighted by atomic mass is 10.1. The third-order valence-corrected chi connectivity index (χ3v) is 3.72. The zero-order chi connectivity index (χ0) is 13.8. The van der Waals surface area contributed by atoms with Gasteiger partial charge >= 0.3 is 0 Å². The summed E-state index contributed by atoms with van der Waals surface area (Å²) < 4.78 is 7.16. The van der Waals surface area contributed by atoms with Gasteiger partial charge in [0.05, 0.1) is 13.1 Å². The van der Waals surface area contributed by atoms with Crippen LogP contribution in [-0.4, -0.2) is 30.9 Å². The fourth-order valence-corrected chi connectivity index (χ4v) is 2.62. The van der Waals surface area contributed by atoms with Crippen molar-refractivity contribution in [3.05, 3.63) is 24.4 Å². The van der Waals surface area contributed by atoms with Crippen molar-refractivity contribution < 1.29 is 4.52 Å². The molecule has 1 fully saturated rings. The van der Waals surface area contributed by atoms with Crippen LogP contribution in [-0.2, 0) is 13.1 Å². The van der Waals surface area contributed by atoms with Crippen molar-refractivity contribution in [1.29, 1.82) is 0 Å². The predicted octanol–water partition coefficient (Wildman–Crippen LogP) is 1.50. The maximum Gasteiger partial charge on any atom is 0.229 e. The van der Waals surface area contributed by atoms with Gasteiger partial charge in [-0.15, -0.1) is 0 Å². The largest absolute Gasteiger partial charge is 0.339 e. The van der Waals surface area contributed by atoms with Gasteiger partial charge in [0.2, 0.25) is 5.89 Å². The topological polar surface area (TPSA) is 81.7 Å². The molecular formula is C13H20N6O. The van der Waals surface area contributed by atoms with E-state index in [0.29, 0.717) is 12.5 Å². The minimum atomic E-state index is 0.269. The first kappa shape index (κ1) is 13.2. The molecule has 2 aromatic rings. The first-order valence-electron chi connectivity index (χ1n) is 7.19. The van der Waals surface area contributed by atoms with Crippen molar-refractivity contribution >= 4 is 0 Å². The van der Waals surface area contributed by atoms with Crippen molar-refractivity contribution in [2.75, 3.05) is 0 Å². The van der Waals surface area contributed by atoms with Crippen molar-refractivity contribution in [3.63, 3.8) is 0 Å². The third-order valence-electron chi connectivity index (χ3n) is 3.72. The molecule has 2 aromatic heterocycles. The third kappa shape index (κ3) is 3.22. The number of nitrogens with zero attached hydrogens (tertiary/aromatic N) is 5. The van der Waals surface area contributed by atoms with E-state index in [9.17, 15) is 0 Å². The first-order chi connectivity index (χ1) is 9.81. The SMILES string of the molecule is CC(Cn1cncn1)NCc1noc(C2CCCC2)n1. The smallest absolute Gasteiger partial charge is 0.229 e. The Hall–Kier alpha value is -1.76. The molecule has 0 aromatic carbocycles. The maximum atomic E-state index is 5.36. The average Bonchev–Trinajstić information content (AvgIpc) is 3.18. The fraction of sp³-hybridized carbons (Fsp3) is 0.692. The van der Waals surface area contributed by atoms with Gasteiger partial charge in [0.25, 0.3) is 0 Å². The highest BCUT2D eigenvalue weighted by molar-refractivity contribution is 4.96. The lowest BCUT2D eigenvalue weighted by molar-refractivity contribution is 0.347. The van der Waals surface area contributed by atoms with E-state index in [0.717, 1.165) is 18.3 Å². The van der Waals surface area contributed by atoms with E-state index in [1.165, 1.54) is 25.7 Å². The molecule has 0 amide bonds. The molecule has 108 valence electrons. The van der Waals surface area contributed by atoms with E-state index in [2.05, 4.69) is 32.5 Å². The molecule has 0 spiro atoms. The molecule has 20 heavy (non-hydrogen) atoms. The van der Waals surface area contributed by atoms with Crippen molar-refractivity contribution in [2.45, 2.75) is 57.7 Å². The van der Waals surface area contributed by atoms with Crippen LogP contribution in [0, 0.1) is 0 Å². The van der Waals surface area contributed by atoms with Gasteiger partial charge < -0.3 is 9.84 Å². The van der Waals surface area contributed by atoms with Crippen LogP contribution in [0.4, 0.5) is 0 Å². The highest BCUT2D eigenvalue weighted by Gasteiger charge is 2.22. The summed E-state index contributed by atoms with van der Waals surface area (Å²) in [6.07, 6.45) is 8.16. The van der Waals surface area contributed by atoms with Crippen LogP contribution < -0.4 is 5.32 Å². The van der Waals surface area contributed by atoms with Crippen molar-refractivity contribution in [2.24, 2.45) is 0 Å². The molecule has 1 atom stereocenters. The van der Waals surface area contributed by atoms with E-state index in [1.807, 2.05) is 0 Å². The molecule has 1 N–H and O–H groups in total. The molecule has 7 heteroatoms. The average molecular weight is 276 g/mol. The monoisotopic (exact) mass is 276 g/mol. The van der Waals surface area contributed by atoms with Crippen LogP contribution in [0.15, 0.2) is 17.2 Å². The van der Waals surface area contributed by atoms with Crippen LogP contribution in [0.3, 0.4) is 0 Å². The summed E-state index contributed by atoms with van der Waals surface area (Å²) in [6.45, 7) is 3.49. The summed E-state index contributed by atoms with van der Waals surface area (Å²) in [5.41, 5.74) is 0. The zero-order valence-electron chi connectivity index (χ0n) is 11.7. The van der Waals surface area contributed by atoms with Crippen LogP contribution in [0.5, 0.6) is 0 Å². The predicted molar refractivity (Wildman–Crippen MR) is 71.8 cm³/mol. The summed E-state index contributed by atoms with van der Waals surface area (Å²) >= 11 is 0. The highest BCUT2D eigenvalue weighted by Crippen LogP contribution is 2.32. The standard InChI is InChI=1S/C13H20N6O/c1-10(7-19-9-14-8-16-19)15-6-12-17-13(20-18-12)11-4-2-3-5-11/h8-11,15H,2-7H2,1H3. The van der Waals surface area contributed by atoms with E-state index in [-0.39, 0.29) is 6.04 Å². The second-order valence-electron chi connectivity index (χ2n) is 5.43. The first-order valence-corrected chi connectivity index (χ1v) is 7.19. The molecule has 1 unspecified atom stereocenters. The lowest BCUT2D eigenvalue weighted by Gasteiger charge is -2.11. The van der Waals surface area contributed by atoms with E-state index in [1.54, 1.807) is 17.3 Å². The lowest BCUT2D eigenvalue weighted by Crippen LogP contribution is -2.30. The molecule has 7 nitrogen and oxygen atoms in total. The van der Waals surface area contributed by atoms with Crippen molar-refractivity contribution in [1.82, 2.24) is 30.2 Å². The van der Waals surface area contributed by atoms with E-state index in [4.69, 9.17) is 4.52 Å². The Labute approximate surface area is 117 Å². The van der Waals surface area contributed by atoms with Gasteiger partial charge in [-0.2, -0.15) is 10.1 Å². The molecule has 1 aliphatic carbocycles. The van der Waals surface area contributed by atoms with Crippen LogP contribution >= 0.6 is 0 Å².